The van der Waals surface area contributed by atoms with Gasteiger partial charge < -0.3 is 15.5 Å². The van der Waals surface area contributed by atoms with E-state index in [0.717, 1.165) is 35.7 Å². The van der Waals surface area contributed by atoms with Crippen molar-refractivity contribution in [3.63, 3.8) is 0 Å². The first-order chi connectivity index (χ1) is 11.3. The summed E-state index contributed by atoms with van der Waals surface area (Å²) in [5.74, 6) is 1.87. The Balaban J connectivity index is 1.60. The molecule has 0 amide bonds. The van der Waals surface area contributed by atoms with Gasteiger partial charge in [0.25, 0.3) is 0 Å². The first-order valence-corrected chi connectivity index (χ1v) is 8.78. The van der Waals surface area contributed by atoms with Crippen LogP contribution in [0.4, 0.5) is 11.6 Å². The molecule has 0 bridgehead atoms. The predicted octanol–water partition coefficient (Wildman–Crippen LogP) is 3.04. The summed E-state index contributed by atoms with van der Waals surface area (Å²) in [6.07, 6.45) is 4.03. The number of nitrogens with zero attached hydrogens (tertiary/aromatic N) is 3. The first kappa shape index (κ1) is 16.2. The van der Waals surface area contributed by atoms with E-state index in [2.05, 4.69) is 59.6 Å². The van der Waals surface area contributed by atoms with E-state index in [9.17, 15) is 0 Å². The zero-order chi connectivity index (χ0) is 16.1. The van der Waals surface area contributed by atoms with Crippen LogP contribution in [0.2, 0.25) is 0 Å². The molecule has 6 heteroatoms. The monoisotopic (exact) mass is 375 g/mol. The van der Waals surface area contributed by atoms with E-state index >= 15 is 0 Å². The van der Waals surface area contributed by atoms with Gasteiger partial charge in [-0.1, -0.05) is 34.1 Å². The third-order valence-electron chi connectivity index (χ3n) is 4.23. The Morgan fingerprint density at radius 2 is 2.17 bits per heavy atom. The minimum Gasteiger partial charge on any atom is -0.373 e. The minimum atomic E-state index is 0.483. The molecule has 2 N–H and O–H groups in total. The Morgan fingerprint density at radius 1 is 1.30 bits per heavy atom. The lowest BCUT2D eigenvalue weighted by Crippen LogP contribution is -2.38. The molecule has 1 aliphatic rings. The molecule has 122 valence electrons. The van der Waals surface area contributed by atoms with Crippen molar-refractivity contribution in [1.82, 2.24) is 15.3 Å². The van der Waals surface area contributed by atoms with Gasteiger partial charge in [0.15, 0.2) is 0 Å². The summed E-state index contributed by atoms with van der Waals surface area (Å²) < 4.78 is 1.16. The Morgan fingerprint density at radius 3 is 3.00 bits per heavy atom. The van der Waals surface area contributed by atoms with E-state index in [-0.39, 0.29) is 0 Å². The summed E-state index contributed by atoms with van der Waals surface area (Å²) in [4.78, 5) is 11.0. The van der Waals surface area contributed by atoms with Crippen molar-refractivity contribution in [2.75, 3.05) is 30.4 Å². The molecular weight excluding hydrogens is 354 g/mol. The lowest BCUT2D eigenvalue weighted by molar-refractivity contribution is 0.570. The van der Waals surface area contributed by atoms with Gasteiger partial charge in [0.2, 0.25) is 0 Å². The van der Waals surface area contributed by atoms with Crippen LogP contribution < -0.4 is 15.5 Å². The van der Waals surface area contributed by atoms with Gasteiger partial charge in [-0.3, -0.25) is 0 Å². The van der Waals surface area contributed by atoms with Crippen LogP contribution in [0.1, 0.15) is 18.4 Å². The molecule has 1 atom stereocenters. The lowest BCUT2D eigenvalue weighted by atomic mass is 10.2. The molecule has 0 saturated carbocycles. The van der Waals surface area contributed by atoms with Gasteiger partial charge in [0, 0.05) is 43.3 Å². The van der Waals surface area contributed by atoms with Gasteiger partial charge in [-0.15, -0.1) is 0 Å². The summed E-state index contributed by atoms with van der Waals surface area (Å²) in [6, 6.07) is 10.8. The second kappa shape index (κ2) is 7.75. The van der Waals surface area contributed by atoms with Gasteiger partial charge in [-0.25, -0.2) is 9.97 Å². The van der Waals surface area contributed by atoms with Gasteiger partial charge in [0.1, 0.15) is 18.0 Å². The van der Waals surface area contributed by atoms with Crippen LogP contribution in [-0.2, 0) is 6.54 Å². The third-order valence-corrected chi connectivity index (χ3v) is 5.01. The second-order valence-corrected chi connectivity index (χ2v) is 6.58. The Bertz CT molecular complexity index is 648. The molecular formula is C17H22BrN5. The van der Waals surface area contributed by atoms with Crippen LogP contribution in [0.5, 0.6) is 0 Å². The SMILES string of the molecule is CNc1cc(N2CCCC2CNCc2ccccc2Br)ncn1. The minimum absolute atomic E-state index is 0.483. The quantitative estimate of drug-likeness (QED) is 0.812. The summed E-state index contributed by atoms with van der Waals surface area (Å²) in [7, 11) is 1.88. The number of benzene rings is 1. The number of aromatic nitrogens is 2. The van der Waals surface area contributed by atoms with Gasteiger partial charge >= 0.3 is 0 Å². The molecule has 0 aliphatic carbocycles. The maximum Gasteiger partial charge on any atom is 0.134 e. The maximum atomic E-state index is 4.44. The molecule has 1 aliphatic heterocycles. The molecule has 1 saturated heterocycles. The van der Waals surface area contributed by atoms with E-state index < -0.39 is 0 Å². The fourth-order valence-electron chi connectivity index (χ4n) is 3.01. The molecule has 5 nitrogen and oxygen atoms in total. The summed E-state index contributed by atoms with van der Waals surface area (Å²) in [5.41, 5.74) is 1.29. The fourth-order valence-corrected chi connectivity index (χ4v) is 3.43. The topological polar surface area (TPSA) is 53.1 Å². The highest BCUT2D eigenvalue weighted by atomic mass is 79.9. The highest BCUT2D eigenvalue weighted by Crippen LogP contribution is 2.24. The zero-order valence-corrected chi connectivity index (χ0v) is 14.9. The molecule has 3 rings (SSSR count). The molecule has 1 fully saturated rings. The average molecular weight is 376 g/mol. The van der Waals surface area contributed by atoms with Crippen LogP contribution in [0, 0.1) is 0 Å². The normalized spacial score (nSPS) is 17.5. The van der Waals surface area contributed by atoms with Gasteiger partial charge in [-0.05, 0) is 24.5 Å². The zero-order valence-electron chi connectivity index (χ0n) is 13.3. The maximum absolute atomic E-state index is 4.44. The number of hydrogen-bond acceptors (Lipinski definition) is 5. The van der Waals surface area contributed by atoms with Crippen LogP contribution >= 0.6 is 15.9 Å². The van der Waals surface area contributed by atoms with E-state index in [1.165, 1.54) is 18.4 Å². The lowest BCUT2D eigenvalue weighted by Gasteiger charge is -2.26. The fraction of sp³-hybridized carbons (Fsp3) is 0.412. The molecule has 0 spiro atoms. The average Bonchev–Trinajstić information content (AvgIpc) is 3.05. The highest BCUT2D eigenvalue weighted by molar-refractivity contribution is 9.10. The number of halogens is 1. The van der Waals surface area contributed by atoms with Crippen LogP contribution in [0.25, 0.3) is 0 Å². The first-order valence-electron chi connectivity index (χ1n) is 7.98. The van der Waals surface area contributed by atoms with Crippen LogP contribution in [0.15, 0.2) is 41.1 Å². The highest BCUT2D eigenvalue weighted by Gasteiger charge is 2.25. The van der Waals surface area contributed by atoms with E-state index in [1.807, 2.05) is 19.2 Å². The van der Waals surface area contributed by atoms with Crippen LogP contribution in [-0.4, -0.2) is 36.1 Å². The molecule has 23 heavy (non-hydrogen) atoms. The smallest absolute Gasteiger partial charge is 0.134 e. The van der Waals surface area contributed by atoms with Gasteiger partial charge in [-0.2, -0.15) is 0 Å². The molecule has 2 aromatic rings. The van der Waals surface area contributed by atoms with Crippen molar-refractivity contribution in [3.05, 3.63) is 46.7 Å². The number of nitrogens with one attached hydrogen (secondary N) is 2. The summed E-state index contributed by atoms with van der Waals surface area (Å²) in [5, 5.41) is 6.66. The number of hydrogen-bond donors (Lipinski definition) is 2. The molecule has 1 aromatic heterocycles. The molecule has 2 heterocycles. The van der Waals surface area contributed by atoms with Crippen LogP contribution in [0.3, 0.4) is 0 Å². The Labute approximate surface area is 145 Å². The van der Waals surface area contributed by atoms with Crippen molar-refractivity contribution in [2.24, 2.45) is 0 Å². The molecule has 0 radical (unpaired) electrons. The van der Waals surface area contributed by atoms with Gasteiger partial charge in [0.05, 0.1) is 0 Å². The third kappa shape index (κ3) is 4.00. The predicted molar refractivity (Wildman–Crippen MR) is 97.8 cm³/mol. The number of anilines is 2. The summed E-state index contributed by atoms with van der Waals surface area (Å²) >= 11 is 3.60. The Hall–Kier alpha value is -1.66. The van der Waals surface area contributed by atoms with Crippen molar-refractivity contribution < 1.29 is 0 Å². The van der Waals surface area contributed by atoms with E-state index in [1.54, 1.807) is 6.33 Å². The molecule has 1 aromatic carbocycles. The van der Waals surface area contributed by atoms with Crippen molar-refractivity contribution in [2.45, 2.75) is 25.4 Å². The largest absolute Gasteiger partial charge is 0.373 e. The van der Waals surface area contributed by atoms with Crippen molar-refractivity contribution in [1.29, 1.82) is 0 Å². The standard InChI is InChI=1S/C17H22BrN5/c1-19-16-9-17(22-12-21-16)23-8-4-6-14(23)11-20-10-13-5-2-3-7-15(13)18/h2-3,5,7,9,12,14,20H,4,6,8,10-11H2,1H3,(H,19,21,22). The van der Waals surface area contributed by atoms with E-state index in [0.29, 0.717) is 6.04 Å². The van der Waals surface area contributed by atoms with E-state index in [4.69, 9.17) is 0 Å². The number of rotatable bonds is 6. The van der Waals surface area contributed by atoms with Crippen molar-refractivity contribution >= 4 is 27.6 Å². The second-order valence-electron chi connectivity index (χ2n) is 5.72. The Kier molecular flexibility index (Phi) is 5.46. The molecule has 1 unspecified atom stereocenters. The summed E-state index contributed by atoms with van der Waals surface area (Å²) in [6.45, 7) is 2.89. The van der Waals surface area contributed by atoms with Crippen molar-refractivity contribution in [3.8, 4) is 0 Å².